The largest absolute Gasteiger partial charge is 0.416 e. The third kappa shape index (κ3) is 9.93. The van der Waals surface area contributed by atoms with Gasteiger partial charge in [-0.15, -0.1) is 0 Å². The predicted octanol–water partition coefficient (Wildman–Crippen LogP) is 10.0. The number of anilines is 3. The van der Waals surface area contributed by atoms with Gasteiger partial charge in [0.2, 0.25) is 5.52 Å². The van der Waals surface area contributed by atoms with E-state index in [-0.39, 0.29) is 25.1 Å². The lowest BCUT2D eigenvalue weighted by molar-refractivity contribution is -0.668. The van der Waals surface area contributed by atoms with Gasteiger partial charge in [-0.25, -0.2) is 0 Å². The Bertz CT molecular complexity index is 2620. The predicted molar refractivity (Wildman–Crippen MR) is 225 cm³/mol. The van der Waals surface area contributed by atoms with Crippen LogP contribution in [-0.2, 0) is 33.0 Å². The maximum Gasteiger partial charge on any atom is 0.416 e. The van der Waals surface area contributed by atoms with Gasteiger partial charge in [-0.3, -0.25) is 9.11 Å². The van der Waals surface area contributed by atoms with E-state index >= 15 is 0 Å². The normalized spacial score (nSPS) is 16.4. The van der Waals surface area contributed by atoms with Crippen molar-refractivity contribution in [2.24, 2.45) is 0 Å². The molecule has 0 fully saturated rings. The molecule has 302 valence electrons. The smallest absolute Gasteiger partial charge is 0.335 e. The summed E-state index contributed by atoms with van der Waals surface area (Å²) in [4.78, 5) is 4.45. The summed E-state index contributed by atoms with van der Waals surface area (Å²) in [6, 6.07) is 31.2. The molecule has 1 aromatic heterocycles. The van der Waals surface area contributed by atoms with Crippen LogP contribution in [-0.4, -0.2) is 44.0 Å². The zero-order valence-corrected chi connectivity index (χ0v) is 34.2. The fourth-order valence-corrected chi connectivity index (χ4v) is 10.2. The van der Waals surface area contributed by atoms with Gasteiger partial charge in [0.1, 0.15) is 4.70 Å². The highest BCUT2D eigenvalue weighted by atomic mass is 32.2. The first kappa shape index (κ1) is 41.4. The molecule has 5 aromatic rings. The van der Waals surface area contributed by atoms with Crippen molar-refractivity contribution in [1.29, 1.82) is 0 Å². The Morgan fingerprint density at radius 3 is 2.07 bits per heavy atom. The summed E-state index contributed by atoms with van der Waals surface area (Å²) >= 11 is 2.86. The minimum atomic E-state index is -4.57. The number of aryl methyl sites for hydroxylation is 1. The van der Waals surface area contributed by atoms with Gasteiger partial charge in [0.25, 0.3) is 25.2 Å². The Hall–Kier alpha value is -4.71. The van der Waals surface area contributed by atoms with Crippen LogP contribution in [0.5, 0.6) is 0 Å². The fourth-order valence-electron chi connectivity index (χ4n) is 7.08. The van der Waals surface area contributed by atoms with Crippen molar-refractivity contribution in [2.45, 2.75) is 43.3 Å². The molecule has 2 heterocycles. The average molecular weight is 867 g/mol. The molecule has 0 amide bonds. The molecule has 0 unspecified atom stereocenters. The maximum absolute atomic E-state index is 13.8. The molecule has 2 aliphatic rings. The van der Waals surface area contributed by atoms with Gasteiger partial charge in [0, 0.05) is 41.4 Å². The summed E-state index contributed by atoms with van der Waals surface area (Å²) in [5.74, 6) is -0.900. The van der Waals surface area contributed by atoms with E-state index < -0.39 is 37.7 Å². The summed E-state index contributed by atoms with van der Waals surface area (Å²) in [5.41, 5.74) is 5.16. The third-order valence-corrected chi connectivity index (χ3v) is 13.5. The quantitative estimate of drug-likeness (QED) is 0.0831. The van der Waals surface area contributed by atoms with Crippen LogP contribution in [0.2, 0.25) is 0 Å². The number of thioether (sulfide) groups is 1. The Morgan fingerprint density at radius 2 is 1.41 bits per heavy atom. The lowest BCUT2D eigenvalue weighted by Crippen LogP contribution is -2.35. The van der Waals surface area contributed by atoms with E-state index in [0.717, 1.165) is 55.6 Å². The fraction of sp³-hybridized carbons (Fsp3) is 0.214. The van der Waals surface area contributed by atoms with E-state index in [1.54, 1.807) is 16.2 Å². The third-order valence-electron chi connectivity index (χ3n) is 9.64. The molecule has 2 N–H and O–H groups in total. The van der Waals surface area contributed by atoms with Crippen LogP contribution in [0, 0.1) is 0 Å². The van der Waals surface area contributed by atoms with Gasteiger partial charge in [0.05, 0.1) is 33.5 Å². The molecule has 9 nitrogen and oxygen atoms in total. The van der Waals surface area contributed by atoms with Crippen LogP contribution in [0.3, 0.4) is 0 Å². The minimum Gasteiger partial charge on any atom is -0.335 e. The molecule has 7 rings (SSSR count). The number of hydrogen-bond donors (Lipinski definition) is 2. The highest BCUT2D eigenvalue weighted by Gasteiger charge is 2.34. The van der Waals surface area contributed by atoms with Crippen LogP contribution in [0.25, 0.3) is 16.3 Å². The van der Waals surface area contributed by atoms with Gasteiger partial charge in [-0.05, 0) is 91.1 Å². The standard InChI is InChI=1S/C42H38F3N3O6S4/c43-42(44,45)32-21-22-38-36(29-32)47(26-10-28-58(52,53)54)40(56-38)24-20-31-18-17-30(41(31)48(33-11-3-1-4-12-33)34-13-5-2-6-14-34)19-23-39-46(25-9-27-57(49,50)51)35-15-7-8-16-37(35)55-39/h1-8,11-16,19-24,29H,9-10,17-18,25-28H2,(H-,49,50,51,52,53,54)/p+1. The summed E-state index contributed by atoms with van der Waals surface area (Å²) in [7, 11) is -8.42. The molecule has 58 heavy (non-hydrogen) atoms. The first-order valence-corrected chi connectivity index (χ1v) is 23.2. The highest BCUT2D eigenvalue weighted by molar-refractivity contribution is 8.03. The number of nitrogens with zero attached hydrogens (tertiary/aromatic N) is 3. The molecule has 0 radical (unpaired) electrons. The second kappa shape index (κ2) is 17.3. The molecular weight excluding hydrogens is 828 g/mol. The number of alkyl halides is 3. The minimum absolute atomic E-state index is 0.00752. The van der Waals surface area contributed by atoms with E-state index in [1.807, 2.05) is 103 Å². The van der Waals surface area contributed by atoms with Crippen molar-refractivity contribution >= 4 is 76.7 Å². The number of fused-ring (bicyclic) bond motifs is 2. The number of hydrogen-bond acceptors (Lipinski definition) is 8. The van der Waals surface area contributed by atoms with Crippen molar-refractivity contribution in [3.05, 3.63) is 154 Å². The van der Waals surface area contributed by atoms with Crippen LogP contribution in [0.4, 0.5) is 30.2 Å². The second-order valence-corrected chi connectivity index (χ2v) is 19.0. The van der Waals surface area contributed by atoms with Crippen molar-refractivity contribution in [3.8, 4) is 0 Å². The van der Waals surface area contributed by atoms with E-state index in [4.69, 9.17) is 0 Å². The Balaban J connectivity index is 1.33. The Labute approximate surface area is 343 Å². The number of allylic oxidation sites excluding steroid dienone is 5. The second-order valence-electron chi connectivity index (χ2n) is 13.7. The van der Waals surface area contributed by atoms with E-state index in [2.05, 4.69) is 15.5 Å². The van der Waals surface area contributed by atoms with Crippen LogP contribution >= 0.6 is 23.1 Å². The number of thiazole rings is 1. The molecule has 0 atom stereocenters. The summed E-state index contributed by atoms with van der Waals surface area (Å²) in [6.45, 7) is 0.436. The molecular formula is C42H39F3N3O6S4+. The topological polar surface area (TPSA) is 119 Å². The maximum atomic E-state index is 13.8. The molecule has 4 aromatic carbocycles. The number of aromatic nitrogens is 1. The van der Waals surface area contributed by atoms with E-state index in [9.17, 15) is 39.1 Å². The van der Waals surface area contributed by atoms with Crippen molar-refractivity contribution in [2.75, 3.05) is 27.9 Å². The Morgan fingerprint density at radius 1 is 0.776 bits per heavy atom. The van der Waals surface area contributed by atoms with Crippen LogP contribution in [0.15, 0.2) is 148 Å². The number of halogens is 3. The molecule has 0 bridgehead atoms. The lowest BCUT2D eigenvalue weighted by Gasteiger charge is -2.28. The van der Waals surface area contributed by atoms with Gasteiger partial charge in [-0.2, -0.15) is 34.6 Å². The summed E-state index contributed by atoms with van der Waals surface area (Å²) in [6.07, 6.45) is 4.87. The molecule has 1 aliphatic heterocycles. The zero-order chi connectivity index (χ0) is 41.1. The van der Waals surface area contributed by atoms with E-state index in [0.29, 0.717) is 35.0 Å². The molecule has 0 saturated heterocycles. The van der Waals surface area contributed by atoms with Gasteiger partial charge in [-0.1, -0.05) is 77.7 Å². The first-order chi connectivity index (χ1) is 27.6. The lowest BCUT2D eigenvalue weighted by atomic mass is 10.1. The summed E-state index contributed by atoms with van der Waals surface area (Å²) < 4.78 is 110. The number of rotatable bonds is 14. The molecule has 1 aliphatic carbocycles. The zero-order valence-electron chi connectivity index (χ0n) is 30.9. The SMILES string of the molecule is O=S(=O)(O)CCCN1/C(=C/C=C2\CCC(/C=C/c3sc4ccccc4[n+]3CCCS(=O)(=O)O)=C2N(c2ccccc2)c2ccccc2)Sc2ccc(C(F)(F)F)cc21. The van der Waals surface area contributed by atoms with E-state index in [1.165, 1.54) is 17.8 Å². The monoisotopic (exact) mass is 866 g/mol. The van der Waals surface area contributed by atoms with Gasteiger partial charge >= 0.3 is 6.18 Å². The number of para-hydroxylation sites is 3. The molecule has 0 saturated carbocycles. The van der Waals surface area contributed by atoms with Gasteiger partial charge < -0.3 is 9.80 Å². The van der Waals surface area contributed by atoms with Crippen LogP contribution < -0.4 is 14.4 Å². The molecule has 0 spiro atoms. The summed E-state index contributed by atoms with van der Waals surface area (Å²) in [5, 5.41) is 1.51. The average Bonchev–Trinajstić information content (AvgIpc) is 3.85. The van der Waals surface area contributed by atoms with Crippen LogP contribution in [0.1, 0.15) is 36.3 Å². The van der Waals surface area contributed by atoms with Crippen molar-refractivity contribution in [3.63, 3.8) is 0 Å². The van der Waals surface area contributed by atoms with Crippen molar-refractivity contribution < 1.29 is 43.7 Å². The first-order valence-electron chi connectivity index (χ1n) is 18.4. The number of benzene rings is 4. The molecule has 16 heteroatoms. The van der Waals surface area contributed by atoms with Gasteiger partial charge in [0.15, 0.2) is 6.54 Å². The Kier molecular flexibility index (Phi) is 12.3. The highest BCUT2D eigenvalue weighted by Crippen LogP contribution is 2.49. The van der Waals surface area contributed by atoms with Crippen molar-refractivity contribution in [1.82, 2.24) is 0 Å².